The number of halogens is 1. The van der Waals surface area contributed by atoms with Gasteiger partial charge in [-0.05, 0) is 5.56 Å². The second-order valence-electron chi connectivity index (χ2n) is 5.10. The molecule has 0 unspecified atom stereocenters. The van der Waals surface area contributed by atoms with Crippen LogP contribution in [0.5, 0.6) is 0 Å². The lowest BCUT2D eigenvalue weighted by molar-refractivity contribution is -0.120. The average Bonchev–Trinajstić information content (AvgIpc) is 2.78. The molecule has 0 saturated carbocycles. The van der Waals surface area contributed by atoms with Crippen molar-refractivity contribution in [2.24, 2.45) is 11.5 Å². The second-order valence-corrected chi connectivity index (χ2v) is 5.10. The van der Waals surface area contributed by atoms with E-state index in [4.69, 9.17) is 11.5 Å². The first-order valence-corrected chi connectivity index (χ1v) is 6.68. The smallest absolute Gasteiger partial charge is 0.318 e. The Hall–Kier alpha value is -1.63. The van der Waals surface area contributed by atoms with Gasteiger partial charge in [0.05, 0.1) is 0 Å². The number of hydrogen-bond acceptors (Lipinski definition) is 4. The maximum absolute atomic E-state index is 11.4. The number of primary amides is 1. The van der Waals surface area contributed by atoms with E-state index in [9.17, 15) is 9.59 Å². The summed E-state index contributed by atoms with van der Waals surface area (Å²) in [6.45, 7) is 2.16. The van der Waals surface area contributed by atoms with Crippen molar-refractivity contribution in [2.75, 3.05) is 19.6 Å². The molecule has 21 heavy (non-hydrogen) atoms. The molecule has 0 aromatic heterocycles. The van der Waals surface area contributed by atoms with Crippen LogP contribution in [0.15, 0.2) is 30.3 Å². The molecule has 1 aromatic rings. The Balaban J connectivity index is 0.00000220. The molecular weight excluding hydrogens is 292 g/mol. The first-order chi connectivity index (χ1) is 9.56. The van der Waals surface area contributed by atoms with Crippen LogP contribution in [0.4, 0.5) is 4.79 Å². The van der Waals surface area contributed by atoms with Gasteiger partial charge in [-0.15, -0.1) is 12.4 Å². The van der Waals surface area contributed by atoms with Gasteiger partial charge >= 0.3 is 6.03 Å². The maximum atomic E-state index is 11.4. The summed E-state index contributed by atoms with van der Waals surface area (Å²) < 4.78 is 0. The van der Waals surface area contributed by atoms with Gasteiger partial charge in [0.1, 0.15) is 0 Å². The molecule has 3 amide bonds. The van der Waals surface area contributed by atoms with Gasteiger partial charge in [0, 0.05) is 38.0 Å². The zero-order valence-electron chi connectivity index (χ0n) is 11.7. The van der Waals surface area contributed by atoms with E-state index in [1.165, 1.54) is 5.56 Å². The standard InChI is InChI=1S/C14H20N4O2.ClH/c15-12-9-18(7-6-13(19)17-14(16)20)8-11(12)10-4-2-1-3-5-10;/h1-5,11-12H,6-9,15H2,(H3,16,17,19,20);1H/t11-,12+;/m0./s1. The number of likely N-dealkylation sites (tertiary alicyclic amines) is 1. The SMILES string of the molecule is Cl.NC(=O)NC(=O)CCN1C[C@@H](N)[C@H](c2ccccc2)C1. The number of urea groups is 1. The third-order valence-electron chi connectivity index (χ3n) is 3.59. The van der Waals surface area contributed by atoms with Crippen molar-refractivity contribution in [1.29, 1.82) is 0 Å². The molecule has 1 aliphatic rings. The summed E-state index contributed by atoms with van der Waals surface area (Å²) in [5, 5.41) is 2.06. The van der Waals surface area contributed by atoms with E-state index in [0.29, 0.717) is 6.54 Å². The Morgan fingerprint density at radius 2 is 1.90 bits per heavy atom. The van der Waals surface area contributed by atoms with Crippen molar-refractivity contribution in [3.63, 3.8) is 0 Å². The summed E-state index contributed by atoms with van der Waals surface area (Å²) in [5.41, 5.74) is 12.3. The highest BCUT2D eigenvalue weighted by molar-refractivity contribution is 5.93. The lowest BCUT2D eigenvalue weighted by atomic mass is 9.95. The highest BCUT2D eigenvalue weighted by Gasteiger charge is 2.31. The molecule has 2 atom stereocenters. The molecule has 0 spiro atoms. The molecule has 2 rings (SSSR count). The van der Waals surface area contributed by atoms with Gasteiger partial charge in [-0.2, -0.15) is 0 Å². The van der Waals surface area contributed by atoms with Crippen molar-refractivity contribution in [2.45, 2.75) is 18.4 Å². The summed E-state index contributed by atoms with van der Waals surface area (Å²) in [5.74, 6) is -0.0652. The Kier molecular flexibility index (Phi) is 6.61. The summed E-state index contributed by atoms with van der Waals surface area (Å²) in [6.07, 6.45) is 0.247. The van der Waals surface area contributed by atoms with Crippen LogP contribution < -0.4 is 16.8 Å². The molecule has 7 heteroatoms. The Morgan fingerprint density at radius 3 is 2.52 bits per heavy atom. The normalized spacial score (nSPS) is 21.6. The number of nitrogens with zero attached hydrogens (tertiary/aromatic N) is 1. The molecular formula is C14H21ClN4O2. The van der Waals surface area contributed by atoms with Gasteiger partial charge in [-0.25, -0.2) is 4.79 Å². The third kappa shape index (κ3) is 5.00. The summed E-state index contributed by atoms with van der Waals surface area (Å²) in [6, 6.07) is 9.40. The van der Waals surface area contributed by atoms with Crippen LogP contribution in [-0.4, -0.2) is 42.5 Å². The predicted molar refractivity (Wildman–Crippen MR) is 83.2 cm³/mol. The molecule has 1 heterocycles. The lowest BCUT2D eigenvalue weighted by Gasteiger charge is -2.15. The summed E-state index contributed by atoms with van der Waals surface area (Å²) in [7, 11) is 0. The topological polar surface area (TPSA) is 101 Å². The van der Waals surface area contributed by atoms with E-state index < -0.39 is 6.03 Å². The number of benzene rings is 1. The van der Waals surface area contributed by atoms with Gasteiger partial charge in [0.2, 0.25) is 5.91 Å². The van der Waals surface area contributed by atoms with Crippen LogP contribution in [0.25, 0.3) is 0 Å². The highest BCUT2D eigenvalue weighted by atomic mass is 35.5. The Bertz CT molecular complexity index is 483. The van der Waals surface area contributed by atoms with Crippen molar-refractivity contribution < 1.29 is 9.59 Å². The minimum Gasteiger partial charge on any atom is -0.351 e. The monoisotopic (exact) mass is 312 g/mol. The third-order valence-corrected chi connectivity index (χ3v) is 3.59. The number of nitrogens with one attached hydrogen (secondary N) is 1. The number of rotatable bonds is 4. The molecule has 1 saturated heterocycles. The van der Waals surface area contributed by atoms with Crippen molar-refractivity contribution in [3.8, 4) is 0 Å². The average molecular weight is 313 g/mol. The molecule has 0 radical (unpaired) electrons. The number of hydrogen-bond donors (Lipinski definition) is 3. The maximum Gasteiger partial charge on any atom is 0.318 e. The zero-order chi connectivity index (χ0) is 14.5. The first kappa shape index (κ1) is 17.4. The fourth-order valence-corrected chi connectivity index (χ4v) is 2.61. The fraction of sp³-hybridized carbons (Fsp3) is 0.429. The Labute approximate surface area is 130 Å². The van der Waals surface area contributed by atoms with E-state index in [1.54, 1.807) is 0 Å². The van der Waals surface area contributed by atoms with Crippen LogP contribution in [0, 0.1) is 0 Å². The molecule has 1 fully saturated rings. The van der Waals surface area contributed by atoms with Crippen molar-refractivity contribution >= 4 is 24.3 Å². The predicted octanol–water partition coefficient (Wildman–Crippen LogP) is 0.420. The van der Waals surface area contributed by atoms with Crippen LogP contribution in [-0.2, 0) is 4.79 Å². The van der Waals surface area contributed by atoms with Gasteiger partial charge in [0.15, 0.2) is 0 Å². The molecule has 1 aromatic carbocycles. The molecule has 116 valence electrons. The quantitative estimate of drug-likeness (QED) is 0.750. The molecule has 6 nitrogen and oxygen atoms in total. The summed E-state index contributed by atoms with van der Waals surface area (Å²) >= 11 is 0. The fourth-order valence-electron chi connectivity index (χ4n) is 2.61. The van der Waals surface area contributed by atoms with Gasteiger partial charge in [-0.1, -0.05) is 30.3 Å². The zero-order valence-corrected chi connectivity index (χ0v) is 12.5. The van der Waals surface area contributed by atoms with Crippen molar-refractivity contribution in [1.82, 2.24) is 10.2 Å². The van der Waals surface area contributed by atoms with Gasteiger partial charge in [0.25, 0.3) is 0 Å². The van der Waals surface area contributed by atoms with Gasteiger partial charge < -0.3 is 16.4 Å². The van der Waals surface area contributed by atoms with Crippen LogP contribution >= 0.6 is 12.4 Å². The van der Waals surface area contributed by atoms with Crippen LogP contribution in [0.2, 0.25) is 0 Å². The highest BCUT2D eigenvalue weighted by Crippen LogP contribution is 2.26. The van der Waals surface area contributed by atoms with Crippen LogP contribution in [0.1, 0.15) is 17.9 Å². The largest absolute Gasteiger partial charge is 0.351 e. The second kappa shape index (κ2) is 7.97. The number of imide groups is 1. The number of carbonyl (C=O) groups is 2. The minimum absolute atomic E-state index is 0. The van der Waals surface area contributed by atoms with E-state index in [2.05, 4.69) is 22.3 Å². The van der Waals surface area contributed by atoms with E-state index in [1.807, 2.05) is 18.2 Å². The summed E-state index contributed by atoms with van der Waals surface area (Å²) in [4.78, 5) is 24.1. The van der Waals surface area contributed by atoms with Gasteiger partial charge in [-0.3, -0.25) is 10.1 Å². The first-order valence-electron chi connectivity index (χ1n) is 6.68. The van der Waals surface area contributed by atoms with Crippen LogP contribution in [0.3, 0.4) is 0 Å². The van der Waals surface area contributed by atoms with E-state index in [-0.39, 0.29) is 36.7 Å². The Morgan fingerprint density at radius 1 is 1.24 bits per heavy atom. The molecule has 1 aliphatic heterocycles. The number of amides is 3. The lowest BCUT2D eigenvalue weighted by Crippen LogP contribution is -2.37. The molecule has 0 bridgehead atoms. The van der Waals surface area contributed by atoms with E-state index >= 15 is 0 Å². The number of carbonyl (C=O) groups excluding carboxylic acids is 2. The van der Waals surface area contributed by atoms with Crippen molar-refractivity contribution in [3.05, 3.63) is 35.9 Å². The molecule has 5 N–H and O–H groups in total. The minimum atomic E-state index is -0.810. The molecule has 0 aliphatic carbocycles. The number of nitrogens with two attached hydrogens (primary N) is 2. The van der Waals surface area contributed by atoms with E-state index in [0.717, 1.165) is 13.1 Å².